The van der Waals surface area contributed by atoms with Crippen molar-refractivity contribution in [1.29, 1.82) is 0 Å². The minimum absolute atomic E-state index is 0.0780. The Kier molecular flexibility index (Phi) is 14.8. The molecule has 0 radical (unpaired) electrons. The van der Waals surface area contributed by atoms with Crippen molar-refractivity contribution in [2.24, 2.45) is 20.0 Å². The molecule has 8 nitrogen and oxygen atoms in total. The highest BCUT2D eigenvalue weighted by molar-refractivity contribution is 5.54. The van der Waals surface area contributed by atoms with Crippen LogP contribution in [0.3, 0.4) is 0 Å². The van der Waals surface area contributed by atoms with Gasteiger partial charge in [-0.05, 0) is 84.1 Å². The van der Waals surface area contributed by atoms with Gasteiger partial charge >= 0.3 is 0 Å². The lowest BCUT2D eigenvalue weighted by molar-refractivity contribution is 0.531. The van der Waals surface area contributed by atoms with Crippen molar-refractivity contribution >= 4 is 24.3 Å². The predicted molar refractivity (Wildman–Crippen MR) is 144 cm³/mol. The fourth-order valence-corrected chi connectivity index (χ4v) is 4.92. The summed E-state index contributed by atoms with van der Waals surface area (Å²) in [6.07, 6.45) is 10.7. The van der Waals surface area contributed by atoms with E-state index in [1.54, 1.807) is 24.3 Å². The Hall–Kier alpha value is -3.26. The Balaban J connectivity index is 3.84. The molecule has 2 unspecified atom stereocenters. The van der Waals surface area contributed by atoms with Crippen molar-refractivity contribution in [2.45, 2.75) is 110 Å². The summed E-state index contributed by atoms with van der Waals surface area (Å²) in [5, 5.41) is 0. The number of hydrogen-bond acceptors (Lipinski definition) is 8. The molecule has 0 saturated carbocycles. The number of rotatable bonds is 17. The molecule has 0 spiro atoms. The fourth-order valence-electron chi connectivity index (χ4n) is 4.92. The van der Waals surface area contributed by atoms with E-state index >= 15 is 0 Å². The lowest BCUT2D eigenvalue weighted by atomic mass is 9.75. The monoisotopic (exact) mass is 508 g/mol. The molecule has 0 N–H and O–H groups in total. The average Bonchev–Trinajstić information content (AvgIpc) is 2.85. The predicted octanol–water partition coefficient (Wildman–Crippen LogP) is 6.82. The van der Waals surface area contributed by atoms with E-state index in [2.05, 4.69) is 67.6 Å². The van der Waals surface area contributed by atoms with E-state index in [1.807, 2.05) is 0 Å². The standard InChI is InChI=1S/C29H40N4O4/c1-20(2)23-15-24(21(3)4)29(26(33-19-37)12-8-10-14-31-17-35)27(22(5)6)28(23)25(32-18-36)11-7-9-13-30-16-34/h15,20-22,25-26H,7-14H2,1-6H3. The third-order valence-electron chi connectivity index (χ3n) is 6.54. The van der Waals surface area contributed by atoms with Crippen LogP contribution in [0.5, 0.6) is 0 Å². The first-order valence-electron chi connectivity index (χ1n) is 13.2. The molecule has 8 heteroatoms. The van der Waals surface area contributed by atoms with Crippen molar-refractivity contribution in [3.05, 3.63) is 33.9 Å². The molecule has 0 amide bonds. The number of isocyanates is 4. The quantitative estimate of drug-likeness (QED) is 0.130. The minimum Gasteiger partial charge on any atom is -0.211 e. The van der Waals surface area contributed by atoms with Crippen LogP contribution in [0.15, 0.2) is 26.0 Å². The Morgan fingerprint density at radius 3 is 1.27 bits per heavy atom. The van der Waals surface area contributed by atoms with E-state index in [0.717, 1.165) is 40.7 Å². The molecule has 0 saturated heterocycles. The van der Waals surface area contributed by atoms with Crippen LogP contribution in [0.4, 0.5) is 0 Å². The van der Waals surface area contributed by atoms with Gasteiger partial charge < -0.3 is 0 Å². The molecule has 2 atom stereocenters. The minimum atomic E-state index is -0.407. The summed E-state index contributed by atoms with van der Waals surface area (Å²) in [7, 11) is 0. The van der Waals surface area contributed by atoms with Crippen LogP contribution in [0.1, 0.15) is 138 Å². The van der Waals surface area contributed by atoms with Crippen LogP contribution in [0.25, 0.3) is 0 Å². The number of benzene rings is 1. The molecule has 0 bridgehead atoms. The van der Waals surface area contributed by atoms with Gasteiger partial charge in [0.1, 0.15) is 0 Å². The first-order chi connectivity index (χ1) is 17.7. The van der Waals surface area contributed by atoms with Gasteiger partial charge in [-0.3, -0.25) is 0 Å². The van der Waals surface area contributed by atoms with Gasteiger partial charge in [-0.25, -0.2) is 29.2 Å². The number of hydrogen-bond donors (Lipinski definition) is 0. The second kappa shape index (κ2) is 17.2. The van der Waals surface area contributed by atoms with E-state index in [-0.39, 0.29) is 17.8 Å². The van der Waals surface area contributed by atoms with Gasteiger partial charge in [-0.1, -0.05) is 47.6 Å². The molecule has 0 fully saturated rings. The van der Waals surface area contributed by atoms with Gasteiger partial charge in [0.15, 0.2) is 0 Å². The van der Waals surface area contributed by atoms with Crippen molar-refractivity contribution in [1.82, 2.24) is 0 Å². The van der Waals surface area contributed by atoms with Gasteiger partial charge in [0, 0.05) is 0 Å². The summed E-state index contributed by atoms with van der Waals surface area (Å²) in [5.74, 6) is 0.434. The largest absolute Gasteiger partial charge is 0.235 e. The number of carbonyl (C=O) groups excluding carboxylic acids is 4. The second-order valence-electron chi connectivity index (χ2n) is 10.2. The van der Waals surface area contributed by atoms with Gasteiger partial charge in [-0.2, -0.15) is 9.98 Å². The Morgan fingerprint density at radius 1 is 0.568 bits per heavy atom. The zero-order chi connectivity index (χ0) is 27.8. The first-order valence-corrected chi connectivity index (χ1v) is 13.2. The Labute approximate surface area is 220 Å². The molecule has 0 aromatic heterocycles. The third-order valence-corrected chi connectivity index (χ3v) is 6.54. The zero-order valence-electron chi connectivity index (χ0n) is 23.0. The molecular formula is C29H40N4O4. The molecule has 0 aliphatic heterocycles. The smallest absolute Gasteiger partial charge is 0.211 e. The molecular weight excluding hydrogens is 468 g/mol. The van der Waals surface area contributed by atoms with E-state index in [1.165, 1.54) is 0 Å². The summed E-state index contributed by atoms with van der Waals surface area (Å²) < 4.78 is 0. The maximum atomic E-state index is 11.5. The fraction of sp³-hybridized carbons (Fsp3) is 0.655. The molecule has 200 valence electrons. The molecule has 0 aliphatic carbocycles. The zero-order valence-corrected chi connectivity index (χ0v) is 23.0. The molecule has 0 heterocycles. The van der Waals surface area contributed by atoms with Crippen molar-refractivity contribution in [3.8, 4) is 0 Å². The van der Waals surface area contributed by atoms with E-state index in [0.29, 0.717) is 38.8 Å². The van der Waals surface area contributed by atoms with Crippen LogP contribution < -0.4 is 0 Å². The Bertz CT molecular complexity index is 992. The summed E-state index contributed by atoms with van der Waals surface area (Å²) in [6, 6.07) is 1.38. The molecule has 37 heavy (non-hydrogen) atoms. The maximum absolute atomic E-state index is 11.5. The molecule has 0 aliphatic rings. The van der Waals surface area contributed by atoms with Crippen molar-refractivity contribution < 1.29 is 19.2 Å². The van der Waals surface area contributed by atoms with Crippen LogP contribution in [-0.2, 0) is 19.2 Å². The average molecular weight is 509 g/mol. The van der Waals surface area contributed by atoms with Crippen LogP contribution in [-0.4, -0.2) is 37.4 Å². The molecule has 1 aromatic rings. The lowest BCUT2D eigenvalue weighted by Crippen LogP contribution is -2.17. The highest BCUT2D eigenvalue weighted by Gasteiger charge is 2.30. The van der Waals surface area contributed by atoms with E-state index < -0.39 is 12.1 Å². The topological polar surface area (TPSA) is 118 Å². The Morgan fingerprint density at radius 2 is 0.973 bits per heavy atom. The highest BCUT2D eigenvalue weighted by Crippen LogP contribution is 2.45. The van der Waals surface area contributed by atoms with Crippen LogP contribution in [0.2, 0.25) is 0 Å². The van der Waals surface area contributed by atoms with Gasteiger partial charge in [0.05, 0.1) is 25.2 Å². The number of aliphatic imine (C=N–C) groups is 4. The summed E-state index contributed by atoms with van der Waals surface area (Å²) in [5.41, 5.74) is 5.33. The lowest BCUT2D eigenvalue weighted by Gasteiger charge is -2.32. The summed E-state index contributed by atoms with van der Waals surface area (Å²) in [4.78, 5) is 59.7. The summed E-state index contributed by atoms with van der Waals surface area (Å²) >= 11 is 0. The highest BCUT2D eigenvalue weighted by atomic mass is 16.1. The SMILES string of the molecule is CC(C)c1cc(C(C)C)c(C(CCCCN=C=O)N=C=O)c(C(C)C)c1C(CCCCN=C=O)N=C=O. The van der Waals surface area contributed by atoms with E-state index in [4.69, 9.17) is 0 Å². The van der Waals surface area contributed by atoms with Gasteiger partial charge in [0.25, 0.3) is 0 Å². The van der Waals surface area contributed by atoms with Crippen LogP contribution >= 0.6 is 0 Å². The van der Waals surface area contributed by atoms with Gasteiger partial charge in [-0.15, -0.1) is 0 Å². The van der Waals surface area contributed by atoms with Gasteiger partial charge in [0.2, 0.25) is 24.3 Å². The third kappa shape index (κ3) is 9.61. The van der Waals surface area contributed by atoms with Crippen molar-refractivity contribution in [3.63, 3.8) is 0 Å². The van der Waals surface area contributed by atoms with Crippen molar-refractivity contribution in [2.75, 3.05) is 13.1 Å². The second-order valence-corrected chi connectivity index (χ2v) is 10.2. The normalized spacial score (nSPS) is 12.4. The van der Waals surface area contributed by atoms with E-state index in [9.17, 15) is 19.2 Å². The molecule has 1 aromatic carbocycles. The first kappa shape index (κ1) is 31.8. The molecule has 1 rings (SSSR count). The maximum Gasteiger partial charge on any atom is 0.235 e. The number of nitrogens with zero attached hydrogens (tertiary/aromatic N) is 4. The summed E-state index contributed by atoms with van der Waals surface area (Å²) in [6.45, 7) is 13.5. The van der Waals surface area contributed by atoms with Crippen LogP contribution in [0, 0.1) is 0 Å². The number of unbranched alkanes of at least 4 members (excludes halogenated alkanes) is 2.